The molecule has 2 heterocycles. The summed E-state index contributed by atoms with van der Waals surface area (Å²) in [5.74, 6) is -2.01. The average Bonchev–Trinajstić information content (AvgIpc) is 3.52. The van der Waals surface area contributed by atoms with Crippen LogP contribution < -0.4 is 16.0 Å². The number of aromatic nitrogens is 2. The van der Waals surface area contributed by atoms with Gasteiger partial charge in [-0.3, -0.25) is 14.4 Å². The number of aromatic amines is 1. The highest BCUT2D eigenvalue weighted by molar-refractivity contribution is 6.34. The maximum atomic E-state index is 13.5. The second-order valence-corrected chi connectivity index (χ2v) is 8.99. The molecule has 1 aliphatic rings. The van der Waals surface area contributed by atoms with Gasteiger partial charge in [0, 0.05) is 24.5 Å². The number of rotatable bonds is 8. The van der Waals surface area contributed by atoms with Crippen LogP contribution in [0.3, 0.4) is 0 Å². The monoisotopic (exact) mass is 512 g/mol. The van der Waals surface area contributed by atoms with Gasteiger partial charge in [0.2, 0.25) is 0 Å². The number of halogens is 2. The number of nitrogens with zero attached hydrogens (tertiary/aromatic N) is 3. The largest absolute Gasteiger partial charge is 0.364 e. The summed E-state index contributed by atoms with van der Waals surface area (Å²) >= 11 is 5.99. The Hall–Kier alpha value is -3.76. The van der Waals surface area contributed by atoms with Crippen molar-refractivity contribution < 1.29 is 18.8 Å². The van der Waals surface area contributed by atoms with Crippen molar-refractivity contribution in [1.29, 1.82) is 0 Å². The number of imidazole rings is 1. The van der Waals surface area contributed by atoms with Crippen LogP contribution in [0.5, 0.6) is 0 Å². The van der Waals surface area contributed by atoms with Crippen LogP contribution in [-0.2, 0) is 0 Å². The van der Waals surface area contributed by atoms with Crippen LogP contribution in [0.15, 0.2) is 48.8 Å². The fraction of sp³-hybridized carbons (Fsp3) is 0.280. The third-order valence-corrected chi connectivity index (χ3v) is 6.52. The predicted octanol–water partition coefficient (Wildman–Crippen LogP) is 3.54. The number of likely N-dealkylation sites (tertiary alicyclic amines) is 1. The van der Waals surface area contributed by atoms with Gasteiger partial charge in [-0.05, 0) is 67.9 Å². The number of nitrogens with one attached hydrogen (secondary N) is 2. The van der Waals surface area contributed by atoms with Gasteiger partial charge in [-0.25, -0.2) is 9.37 Å². The topological polar surface area (TPSA) is 124 Å². The lowest BCUT2D eigenvalue weighted by molar-refractivity contribution is 0.0952. The van der Waals surface area contributed by atoms with E-state index in [1.54, 1.807) is 29.2 Å². The van der Waals surface area contributed by atoms with Gasteiger partial charge in [0.25, 0.3) is 17.7 Å². The number of nitrogens with two attached hydrogens (primary N) is 1. The van der Waals surface area contributed by atoms with Crippen LogP contribution in [0.1, 0.15) is 44.7 Å². The number of hydrogen-bond acceptors (Lipinski definition) is 5. The van der Waals surface area contributed by atoms with Crippen molar-refractivity contribution in [2.24, 2.45) is 11.7 Å². The lowest BCUT2D eigenvalue weighted by Gasteiger charge is -2.26. The van der Waals surface area contributed by atoms with E-state index in [9.17, 15) is 18.8 Å². The summed E-state index contributed by atoms with van der Waals surface area (Å²) in [4.78, 5) is 48.4. The molecule has 188 valence electrons. The number of amides is 3. The molecule has 1 atom stereocenters. The van der Waals surface area contributed by atoms with Gasteiger partial charge in [0.1, 0.15) is 11.5 Å². The molecule has 3 aromatic rings. The molecule has 2 aromatic carbocycles. The first-order valence-electron chi connectivity index (χ1n) is 11.5. The highest BCUT2D eigenvalue weighted by atomic mass is 35.5. The molecule has 1 saturated heterocycles. The molecule has 0 radical (unpaired) electrons. The molecule has 0 saturated carbocycles. The second-order valence-electron chi connectivity index (χ2n) is 8.58. The quantitative estimate of drug-likeness (QED) is 0.426. The van der Waals surface area contributed by atoms with Crippen LogP contribution in [0.25, 0.3) is 0 Å². The number of carbonyl (C=O) groups is 3. The Balaban J connectivity index is 1.57. The molecule has 9 nitrogen and oxygen atoms in total. The van der Waals surface area contributed by atoms with E-state index in [0.717, 1.165) is 38.2 Å². The predicted molar refractivity (Wildman–Crippen MR) is 135 cm³/mol. The molecule has 0 aliphatic carbocycles. The van der Waals surface area contributed by atoms with Crippen LogP contribution in [0.4, 0.5) is 15.8 Å². The minimum absolute atomic E-state index is 0.00263. The summed E-state index contributed by atoms with van der Waals surface area (Å²) in [6.07, 6.45) is 2.20. The zero-order chi connectivity index (χ0) is 25.8. The minimum Gasteiger partial charge on any atom is -0.364 e. The molecule has 1 fully saturated rings. The van der Waals surface area contributed by atoms with E-state index < -0.39 is 23.5 Å². The number of carbonyl (C=O) groups excluding carboxylic acids is 3. The SMILES string of the molecule is CCN1CCC(CN(C(=O)c2nc[nH]c2C(N)=O)c2ccc(NC(=O)c3ccc(F)cc3Cl)cc2)C1. The van der Waals surface area contributed by atoms with E-state index in [1.807, 2.05) is 0 Å². The summed E-state index contributed by atoms with van der Waals surface area (Å²) in [5, 5.41) is 2.72. The Morgan fingerprint density at radius 3 is 2.64 bits per heavy atom. The van der Waals surface area contributed by atoms with E-state index in [2.05, 4.69) is 27.1 Å². The Labute approximate surface area is 212 Å². The van der Waals surface area contributed by atoms with Gasteiger partial charge in [0.05, 0.1) is 16.9 Å². The lowest BCUT2D eigenvalue weighted by Crippen LogP contribution is -2.37. The first kappa shape index (κ1) is 25.3. The summed E-state index contributed by atoms with van der Waals surface area (Å²) < 4.78 is 13.3. The van der Waals surface area contributed by atoms with Crippen molar-refractivity contribution in [2.45, 2.75) is 13.3 Å². The Morgan fingerprint density at radius 2 is 2.00 bits per heavy atom. The van der Waals surface area contributed by atoms with Crippen molar-refractivity contribution in [2.75, 3.05) is 36.4 Å². The molecule has 0 spiro atoms. The molecule has 0 bridgehead atoms. The van der Waals surface area contributed by atoms with Crippen molar-refractivity contribution in [3.05, 3.63) is 76.6 Å². The van der Waals surface area contributed by atoms with E-state index >= 15 is 0 Å². The number of anilines is 2. The minimum atomic E-state index is -0.772. The first-order chi connectivity index (χ1) is 17.3. The Kier molecular flexibility index (Phi) is 7.66. The molecule has 3 amide bonds. The van der Waals surface area contributed by atoms with Crippen molar-refractivity contribution in [3.63, 3.8) is 0 Å². The highest BCUT2D eigenvalue weighted by Gasteiger charge is 2.30. The fourth-order valence-corrected chi connectivity index (χ4v) is 4.53. The first-order valence-corrected chi connectivity index (χ1v) is 11.9. The van der Waals surface area contributed by atoms with Gasteiger partial charge in [0.15, 0.2) is 5.69 Å². The number of hydrogen-bond donors (Lipinski definition) is 3. The number of benzene rings is 2. The highest BCUT2D eigenvalue weighted by Crippen LogP contribution is 2.26. The molecule has 1 aromatic heterocycles. The molecule has 11 heteroatoms. The van der Waals surface area contributed by atoms with Crippen LogP contribution in [0, 0.1) is 11.7 Å². The summed E-state index contributed by atoms with van der Waals surface area (Å²) in [6, 6.07) is 10.2. The zero-order valence-corrected chi connectivity index (χ0v) is 20.4. The normalized spacial score (nSPS) is 15.6. The van der Waals surface area contributed by atoms with E-state index in [0.29, 0.717) is 17.9 Å². The molecule has 1 unspecified atom stereocenters. The summed E-state index contributed by atoms with van der Waals surface area (Å²) in [5.41, 5.74) is 6.49. The van der Waals surface area contributed by atoms with Gasteiger partial charge in [-0.2, -0.15) is 0 Å². The van der Waals surface area contributed by atoms with Gasteiger partial charge in [-0.15, -0.1) is 0 Å². The van der Waals surface area contributed by atoms with Crippen molar-refractivity contribution in [1.82, 2.24) is 14.9 Å². The standard InChI is InChI=1S/C25H26ClFN6O3/c1-2-32-10-9-15(12-32)13-33(25(36)22-21(23(28)34)29-14-30-22)18-6-4-17(5-7-18)31-24(35)19-8-3-16(27)11-20(19)26/h3-8,11,14-15H,2,9-10,12-13H2,1H3,(H2,28,34)(H,29,30)(H,31,35). The number of H-pyrrole nitrogens is 1. The zero-order valence-electron chi connectivity index (χ0n) is 19.6. The van der Waals surface area contributed by atoms with Crippen molar-refractivity contribution in [3.8, 4) is 0 Å². The Bertz CT molecular complexity index is 1280. The van der Waals surface area contributed by atoms with E-state index in [-0.39, 0.29) is 27.9 Å². The fourth-order valence-electron chi connectivity index (χ4n) is 4.28. The molecule has 4 rings (SSSR count). The van der Waals surface area contributed by atoms with Crippen molar-refractivity contribution >= 4 is 40.7 Å². The smallest absolute Gasteiger partial charge is 0.279 e. The van der Waals surface area contributed by atoms with E-state index in [4.69, 9.17) is 17.3 Å². The Morgan fingerprint density at radius 1 is 1.25 bits per heavy atom. The third-order valence-electron chi connectivity index (χ3n) is 6.20. The molecular formula is C25H26ClFN6O3. The molecule has 4 N–H and O–H groups in total. The van der Waals surface area contributed by atoms with Gasteiger partial charge < -0.3 is 25.8 Å². The molecule has 1 aliphatic heterocycles. The molecule has 36 heavy (non-hydrogen) atoms. The summed E-state index contributed by atoms with van der Waals surface area (Å²) in [6.45, 7) is 5.27. The third kappa shape index (κ3) is 5.55. The van der Waals surface area contributed by atoms with Gasteiger partial charge in [-0.1, -0.05) is 18.5 Å². The maximum Gasteiger partial charge on any atom is 0.279 e. The summed E-state index contributed by atoms with van der Waals surface area (Å²) in [7, 11) is 0. The average molecular weight is 513 g/mol. The van der Waals surface area contributed by atoms with Crippen LogP contribution in [0.2, 0.25) is 5.02 Å². The van der Waals surface area contributed by atoms with E-state index in [1.165, 1.54) is 12.4 Å². The maximum absolute atomic E-state index is 13.5. The van der Waals surface area contributed by atoms with Gasteiger partial charge >= 0.3 is 0 Å². The van der Waals surface area contributed by atoms with Crippen LogP contribution >= 0.6 is 11.6 Å². The molecular weight excluding hydrogens is 487 g/mol. The second kappa shape index (κ2) is 10.9. The lowest BCUT2D eigenvalue weighted by atomic mass is 10.1. The van der Waals surface area contributed by atoms with Crippen LogP contribution in [-0.4, -0.2) is 58.8 Å². The number of primary amides is 1.